The van der Waals surface area contributed by atoms with Crippen molar-refractivity contribution in [3.63, 3.8) is 0 Å². The zero-order valence-electron chi connectivity index (χ0n) is 25.1. The predicted octanol–water partition coefficient (Wildman–Crippen LogP) is 7.93. The Morgan fingerprint density at radius 3 is 2.06 bits per heavy atom. The van der Waals surface area contributed by atoms with E-state index in [1.54, 1.807) is 72.8 Å². The topological polar surface area (TPSA) is 89.5 Å². The number of hydrogen-bond acceptors (Lipinski definition) is 5. The van der Waals surface area contributed by atoms with Crippen LogP contribution in [0.1, 0.15) is 34.3 Å². The van der Waals surface area contributed by atoms with E-state index in [9.17, 15) is 22.8 Å². The second-order valence-corrected chi connectivity index (χ2v) is 11.0. The molecule has 238 valence electrons. The van der Waals surface area contributed by atoms with E-state index in [2.05, 4.69) is 15.6 Å². The number of carbonyl (C=O) groups excluding carboxylic acids is 2. The maximum absolute atomic E-state index is 13.6. The van der Waals surface area contributed by atoms with Gasteiger partial charge in [-0.15, -0.1) is 0 Å². The van der Waals surface area contributed by atoms with Crippen molar-refractivity contribution in [1.29, 1.82) is 0 Å². The van der Waals surface area contributed by atoms with Gasteiger partial charge in [-0.2, -0.15) is 13.2 Å². The first-order valence-electron chi connectivity index (χ1n) is 15.0. The Morgan fingerprint density at radius 1 is 0.766 bits per heavy atom. The van der Waals surface area contributed by atoms with Gasteiger partial charge in [0.25, 0.3) is 5.91 Å². The first-order valence-corrected chi connectivity index (χ1v) is 15.0. The number of halogens is 3. The molecule has 4 aromatic carbocycles. The van der Waals surface area contributed by atoms with Gasteiger partial charge in [-0.25, -0.2) is 4.98 Å². The standard InChI is InChI=1S/C37H30F3N3O4/c38-37(39,40)24-42-35(45)36(30-16-7-4-13-27(30)28-14-5-8-17-31(28)36)21-10-22-46-33-20-19-25(23-41-33)43-34(44)29-15-6-9-18-32(29)47-26-11-2-1-3-12-26/h1-9,11-20,23H,10,21-22,24H2,(H,42,45)(H,43,44). The summed E-state index contributed by atoms with van der Waals surface area (Å²) in [5, 5.41) is 4.95. The third-order valence-electron chi connectivity index (χ3n) is 7.94. The molecule has 6 rings (SSSR count). The summed E-state index contributed by atoms with van der Waals surface area (Å²) in [5.41, 5.74) is 2.43. The number of aromatic nitrogens is 1. The lowest BCUT2D eigenvalue weighted by molar-refractivity contribution is -0.141. The molecule has 0 saturated carbocycles. The minimum Gasteiger partial charge on any atom is -0.478 e. The van der Waals surface area contributed by atoms with Gasteiger partial charge in [0.2, 0.25) is 11.8 Å². The number of rotatable bonds is 11. The number of nitrogens with one attached hydrogen (secondary N) is 2. The smallest absolute Gasteiger partial charge is 0.405 e. The van der Waals surface area contributed by atoms with Crippen LogP contribution in [0.3, 0.4) is 0 Å². The van der Waals surface area contributed by atoms with Crippen LogP contribution in [0.2, 0.25) is 0 Å². The highest BCUT2D eigenvalue weighted by Gasteiger charge is 2.49. The van der Waals surface area contributed by atoms with Crippen LogP contribution >= 0.6 is 0 Å². The lowest BCUT2D eigenvalue weighted by Gasteiger charge is -2.31. The van der Waals surface area contributed by atoms with E-state index < -0.39 is 24.0 Å². The van der Waals surface area contributed by atoms with Crippen LogP contribution in [-0.4, -0.2) is 36.1 Å². The van der Waals surface area contributed by atoms with Crippen molar-refractivity contribution < 1.29 is 32.2 Å². The number of carbonyl (C=O) groups is 2. The van der Waals surface area contributed by atoms with Crippen LogP contribution in [-0.2, 0) is 10.2 Å². The van der Waals surface area contributed by atoms with Gasteiger partial charge >= 0.3 is 6.18 Å². The first kappa shape index (κ1) is 31.3. The van der Waals surface area contributed by atoms with Gasteiger partial charge in [0.1, 0.15) is 23.5 Å². The summed E-state index contributed by atoms with van der Waals surface area (Å²) < 4.78 is 51.1. The first-order chi connectivity index (χ1) is 22.7. The largest absolute Gasteiger partial charge is 0.478 e. The highest BCUT2D eigenvalue weighted by molar-refractivity contribution is 6.06. The third-order valence-corrected chi connectivity index (χ3v) is 7.94. The van der Waals surface area contributed by atoms with Crippen LogP contribution in [0, 0.1) is 0 Å². The summed E-state index contributed by atoms with van der Waals surface area (Å²) in [6.45, 7) is -1.27. The monoisotopic (exact) mass is 637 g/mol. The maximum atomic E-state index is 13.6. The Bertz CT molecular complexity index is 1830. The highest BCUT2D eigenvalue weighted by atomic mass is 19.4. The number of amides is 2. The molecule has 0 atom stereocenters. The number of alkyl halides is 3. The van der Waals surface area contributed by atoms with Gasteiger partial charge in [-0.1, -0.05) is 78.9 Å². The van der Waals surface area contributed by atoms with Gasteiger partial charge in [-0.05, 0) is 65.4 Å². The number of nitrogens with zero attached hydrogens (tertiary/aromatic N) is 1. The zero-order valence-corrected chi connectivity index (χ0v) is 25.1. The van der Waals surface area contributed by atoms with Crippen molar-refractivity contribution >= 4 is 17.5 Å². The Morgan fingerprint density at radius 2 is 1.40 bits per heavy atom. The molecule has 0 bridgehead atoms. The van der Waals surface area contributed by atoms with E-state index in [-0.39, 0.29) is 18.9 Å². The highest BCUT2D eigenvalue weighted by Crippen LogP contribution is 2.51. The molecule has 47 heavy (non-hydrogen) atoms. The van der Waals surface area contributed by atoms with E-state index in [1.165, 1.54) is 6.20 Å². The molecule has 2 N–H and O–H groups in total. The molecule has 1 aromatic heterocycles. The summed E-state index contributed by atoms with van der Waals surface area (Å²) >= 11 is 0. The zero-order chi connectivity index (χ0) is 32.9. The normalized spacial score (nSPS) is 12.8. The van der Waals surface area contributed by atoms with Crippen LogP contribution in [0.5, 0.6) is 17.4 Å². The van der Waals surface area contributed by atoms with Gasteiger partial charge < -0.3 is 20.1 Å². The molecule has 0 fully saturated rings. The Balaban J connectivity index is 1.11. The fourth-order valence-electron chi connectivity index (χ4n) is 5.90. The molecular weight excluding hydrogens is 607 g/mol. The summed E-state index contributed by atoms with van der Waals surface area (Å²) in [6.07, 6.45) is -2.53. The average Bonchev–Trinajstić information content (AvgIpc) is 3.37. The van der Waals surface area contributed by atoms with Crippen molar-refractivity contribution in [2.75, 3.05) is 18.5 Å². The van der Waals surface area contributed by atoms with Crippen molar-refractivity contribution in [3.8, 4) is 28.5 Å². The Hall–Kier alpha value is -5.64. The van der Waals surface area contributed by atoms with Gasteiger partial charge in [0.15, 0.2) is 0 Å². The molecule has 0 aliphatic heterocycles. The molecule has 2 amide bonds. The second-order valence-electron chi connectivity index (χ2n) is 11.0. The number of hydrogen-bond donors (Lipinski definition) is 2. The third kappa shape index (κ3) is 6.81. The molecule has 0 saturated heterocycles. The molecule has 5 aromatic rings. The lowest BCUT2D eigenvalue weighted by Crippen LogP contribution is -2.47. The van der Waals surface area contributed by atoms with Crippen LogP contribution in [0.15, 0.2) is 121 Å². The minimum absolute atomic E-state index is 0.154. The van der Waals surface area contributed by atoms with Gasteiger partial charge in [0, 0.05) is 6.07 Å². The number of anilines is 1. The fraction of sp³-hybridized carbons (Fsp3) is 0.162. The SMILES string of the molecule is O=C(Nc1ccc(OCCCC2(C(=O)NCC(F)(F)F)c3ccccc3-c3ccccc32)nc1)c1ccccc1Oc1ccccc1. The number of benzene rings is 4. The number of para-hydroxylation sites is 2. The molecule has 1 aliphatic rings. The summed E-state index contributed by atoms with van der Waals surface area (Å²) in [7, 11) is 0. The molecule has 0 unspecified atom stereocenters. The van der Waals surface area contributed by atoms with Crippen LogP contribution in [0.25, 0.3) is 11.1 Å². The maximum Gasteiger partial charge on any atom is 0.405 e. The second kappa shape index (κ2) is 13.4. The predicted molar refractivity (Wildman–Crippen MR) is 172 cm³/mol. The van der Waals surface area contributed by atoms with E-state index in [0.717, 1.165) is 11.1 Å². The summed E-state index contributed by atoms with van der Waals surface area (Å²) in [5.74, 6) is 0.213. The Labute approximate surface area is 269 Å². The number of fused-ring (bicyclic) bond motifs is 3. The van der Waals surface area contributed by atoms with Gasteiger partial charge in [-0.3, -0.25) is 9.59 Å². The van der Waals surface area contributed by atoms with E-state index in [0.29, 0.717) is 46.2 Å². The Kier molecular flexibility index (Phi) is 8.92. The molecular formula is C37H30F3N3O4. The molecule has 0 radical (unpaired) electrons. The fourth-order valence-corrected chi connectivity index (χ4v) is 5.90. The van der Waals surface area contributed by atoms with Crippen molar-refractivity contribution in [2.24, 2.45) is 0 Å². The quantitative estimate of drug-likeness (QED) is 0.144. The van der Waals surface area contributed by atoms with E-state index >= 15 is 0 Å². The average molecular weight is 638 g/mol. The van der Waals surface area contributed by atoms with Crippen LogP contribution < -0.4 is 20.1 Å². The molecule has 10 heteroatoms. The number of pyridine rings is 1. The molecule has 7 nitrogen and oxygen atoms in total. The van der Waals surface area contributed by atoms with Crippen molar-refractivity contribution in [1.82, 2.24) is 10.3 Å². The summed E-state index contributed by atoms with van der Waals surface area (Å²) in [4.78, 5) is 31.0. The van der Waals surface area contributed by atoms with E-state index in [1.807, 2.05) is 42.5 Å². The molecule has 1 heterocycles. The van der Waals surface area contributed by atoms with Crippen molar-refractivity contribution in [3.05, 3.63) is 138 Å². The number of ether oxygens (including phenoxy) is 2. The van der Waals surface area contributed by atoms with Crippen LogP contribution in [0.4, 0.5) is 18.9 Å². The van der Waals surface area contributed by atoms with Gasteiger partial charge in [0.05, 0.1) is 24.1 Å². The molecule has 1 aliphatic carbocycles. The lowest BCUT2D eigenvalue weighted by atomic mass is 9.73. The summed E-state index contributed by atoms with van der Waals surface area (Å²) in [6, 6.07) is 33.9. The van der Waals surface area contributed by atoms with Crippen molar-refractivity contribution in [2.45, 2.75) is 24.4 Å². The van der Waals surface area contributed by atoms with E-state index in [4.69, 9.17) is 9.47 Å². The minimum atomic E-state index is -4.55. The molecule has 0 spiro atoms.